The van der Waals surface area contributed by atoms with Crippen LogP contribution in [0.5, 0.6) is 0 Å². The number of hydrogen-bond donors (Lipinski definition) is 0. The van der Waals surface area contributed by atoms with Crippen LogP contribution in [0.1, 0.15) is 42.3 Å². The number of alkyl halides is 3. The van der Waals surface area contributed by atoms with Crippen molar-refractivity contribution in [2.45, 2.75) is 32.5 Å². The molecule has 1 aromatic rings. The fourth-order valence-corrected chi connectivity index (χ4v) is 1.54. The van der Waals surface area contributed by atoms with Crippen LogP contribution in [0.4, 0.5) is 13.2 Å². The second kappa shape index (κ2) is 5.07. The van der Waals surface area contributed by atoms with Crippen LogP contribution in [0, 0.1) is 0 Å². The molecule has 2 nitrogen and oxygen atoms in total. The number of carbonyl (C=O) groups is 1. The molecule has 5 heteroatoms. The van der Waals surface area contributed by atoms with Crippen LogP contribution in [-0.2, 0) is 10.9 Å². The third kappa shape index (κ3) is 3.84. The number of hydrogen-bond acceptors (Lipinski definition) is 2. The summed E-state index contributed by atoms with van der Waals surface area (Å²) in [6.07, 6.45) is -3.52. The Labute approximate surface area is 109 Å². The fourth-order valence-electron chi connectivity index (χ4n) is 1.54. The summed E-state index contributed by atoms with van der Waals surface area (Å²) in [4.78, 5) is 11.9. The van der Waals surface area contributed by atoms with E-state index in [0.29, 0.717) is 0 Å². The predicted octanol–water partition coefficient (Wildman–Crippen LogP) is 4.30. The summed E-state index contributed by atoms with van der Waals surface area (Å²) in [6.45, 7) is 8.27. The molecule has 0 bridgehead atoms. The SMILES string of the molecule is C=Cc1c(C(=O)OC(C)(C)C)cccc1C(F)(F)F. The average molecular weight is 272 g/mol. The van der Waals surface area contributed by atoms with Gasteiger partial charge in [0.1, 0.15) is 5.60 Å². The van der Waals surface area contributed by atoms with E-state index in [0.717, 1.165) is 12.1 Å². The van der Waals surface area contributed by atoms with Crippen molar-refractivity contribution < 1.29 is 22.7 Å². The van der Waals surface area contributed by atoms with Gasteiger partial charge in [-0.15, -0.1) is 0 Å². The largest absolute Gasteiger partial charge is 0.456 e. The van der Waals surface area contributed by atoms with Crippen LogP contribution in [-0.4, -0.2) is 11.6 Å². The Kier molecular flexibility index (Phi) is 4.08. The predicted molar refractivity (Wildman–Crippen MR) is 66.7 cm³/mol. The van der Waals surface area contributed by atoms with Crippen molar-refractivity contribution in [1.82, 2.24) is 0 Å². The van der Waals surface area contributed by atoms with Crippen molar-refractivity contribution in [3.63, 3.8) is 0 Å². The van der Waals surface area contributed by atoms with E-state index in [1.165, 1.54) is 12.1 Å². The zero-order chi connectivity index (χ0) is 14.8. The maximum atomic E-state index is 12.8. The molecule has 0 N–H and O–H groups in total. The Morgan fingerprint density at radius 2 is 1.84 bits per heavy atom. The Hall–Kier alpha value is -1.78. The van der Waals surface area contributed by atoms with Crippen LogP contribution < -0.4 is 0 Å². The highest BCUT2D eigenvalue weighted by Crippen LogP contribution is 2.34. The molecule has 0 aliphatic carbocycles. The van der Waals surface area contributed by atoms with E-state index in [1.54, 1.807) is 20.8 Å². The minimum absolute atomic E-state index is 0.139. The first-order valence-corrected chi connectivity index (χ1v) is 5.62. The lowest BCUT2D eigenvalue weighted by Crippen LogP contribution is -2.25. The molecule has 0 saturated heterocycles. The molecule has 0 heterocycles. The van der Waals surface area contributed by atoms with Gasteiger partial charge in [-0.1, -0.05) is 18.7 Å². The molecule has 19 heavy (non-hydrogen) atoms. The lowest BCUT2D eigenvalue weighted by atomic mass is 10.0. The zero-order valence-electron chi connectivity index (χ0n) is 11.0. The van der Waals surface area contributed by atoms with Gasteiger partial charge in [0.2, 0.25) is 0 Å². The van der Waals surface area contributed by atoms with E-state index in [4.69, 9.17) is 4.74 Å². The molecule has 0 amide bonds. The van der Waals surface area contributed by atoms with E-state index >= 15 is 0 Å². The number of esters is 1. The molecule has 0 fully saturated rings. The van der Waals surface area contributed by atoms with Gasteiger partial charge in [0.25, 0.3) is 0 Å². The number of benzene rings is 1. The van der Waals surface area contributed by atoms with Crippen LogP contribution in [0.2, 0.25) is 0 Å². The van der Waals surface area contributed by atoms with Gasteiger partial charge in [0.05, 0.1) is 11.1 Å². The summed E-state index contributed by atoms with van der Waals surface area (Å²) in [5.41, 5.74) is -2.07. The zero-order valence-corrected chi connectivity index (χ0v) is 11.0. The lowest BCUT2D eigenvalue weighted by molar-refractivity contribution is -0.137. The van der Waals surface area contributed by atoms with Crippen LogP contribution in [0.25, 0.3) is 6.08 Å². The van der Waals surface area contributed by atoms with Crippen molar-refractivity contribution >= 4 is 12.0 Å². The molecule has 0 unspecified atom stereocenters. The van der Waals surface area contributed by atoms with E-state index in [2.05, 4.69) is 6.58 Å². The number of ether oxygens (including phenoxy) is 1. The summed E-state index contributed by atoms with van der Waals surface area (Å²) in [5.74, 6) is -0.798. The van der Waals surface area contributed by atoms with Gasteiger partial charge in [-0.25, -0.2) is 4.79 Å². The van der Waals surface area contributed by atoms with Crippen molar-refractivity contribution in [2.75, 3.05) is 0 Å². The molecule has 0 aliphatic rings. The average Bonchev–Trinajstić information content (AvgIpc) is 2.24. The summed E-state index contributed by atoms with van der Waals surface area (Å²) in [6, 6.07) is 3.38. The maximum absolute atomic E-state index is 12.8. The van der Waals surface area contributed by atoms with Crippen molar-refractivity contribution in [2.24, 2.45) is 0 Å². The normalized spacial score (nSPS) is 12.1. The van der Waals surface area contributed by atoms with Crippen LogP contribution in [0.3, 0.4) is 0 Å². The molecule has 1 aromatic carbocycles. The number of carbonyl (C=O) groups excluding carboxylic acids is 1. The monoisotopic (exact) mass is 272 g/mol. The van der Waals surface area contributed by atoms with E-state index in [-0.39, 0.29) is 11.1 Å². The highest BCUT2D eigenvalue weighted by Gasteiger charge is 2.34. The Morgan fingerprint density at radius 1 is 1.26 bits per heavy atom. The van der Waals surface area contributed by atoms with Gasteiger partial charge in [0.15, 0.2) is 0 Å². The third-order valence-corrected chi connectivity index (χ3v) is 2.23. The van der Waals surface area contributed by atoms with Crippen molar-refractivity contribution in [3.05, 3.63) is 41.5 Å². The van der Waals surface area contributed by atoms with Gasteiger partial charge in [-0.2, -0.15) is 13.2 Å². The molecule has 0 aliphatic heterocycles. The second-order valence-corrected chi connectivity index (χ2v) is 4.97. The van der Waals surface area contributed by atoms with E-state index < -0.39 is 23.3 Å². The summed E-state index contributed by atoms with van der Waals surface area (Å²) in [5, 5.41) is 0. The minimum Gasteiger partial charge on any atom is -0.456 e. The van der Waals surface area contributed by atoms with Crippen molar-refractivity contribution in [1.29, 1.82) is 0 Å². The Balaban J connectivity index is 3.30. The van der Waals surface area contributed by atoms with Gasteiger partial charge in [-0.05, 0) is 32.9 Å². The van der Waals surface area contributed by atoms with Gasteiger partial charge < -0.3 is 4.74 Å². The summed E-state index contributed by atoms with van der Waals surface area (Å²) < 4.78 is 43.5. The number of rotatable bonds is 2. The Bertz CT molecular complexity index is 496. The molecule has 0 spiro atoms. The lowest BCUT2D eigenvalue weighted by Gasteiger charge is -2.21. The fraction of sp³-hybridized carbons (Fsp3) is 0.357. The highest BCUT2D eigenvalue weighted by molar-refractivity contribution is 5.94. The Morgan fingerprint density at radius 3 is 2.26 bits per heavy atom. The molecular weight excluding hydrogens is 257 g/mol. The summed E-state index contributed by atoms with van der Waals surface area (Å²) >= 11 is 0. The molecule has 0 saturated carbocycles. The van der Waals surface area contributed by atoms with Gasteiger partial charge in [0, 0.05) is 5.56 Å². The maximum Gasteiger partial charge on any atom is 0.417 e. The smallest absolute Gasteiger partial charge is 0.417 e. The van der Waals surface area contributed by atoms with Gasteiger partial charge >= 0.3 is 12.1 Å². The quantitative estimate of drug-likeness (QED) is 0.750. The van der Waals surface area contributed by atoms with E-state index in [9.17, 15) is 18.0 Å². The second-order valence-electron chi connectivity index (χ2n) is 4.97. The van der Waals surface area contributed by atoms with Gasteiger partial charge in [-0.3, -0.25) is 0 Å². The molecule has 0 atom stereocenters. The number of halogens is 3. The first-order chi connectivity index (χ1) is 8.56. The van der Waals surface area contributed by atoms with E-state index in [1.807, 2.05) is 0 Å². The summed E-state index contributed by atoms with van der Waals surface area (Å²) in [7, 11) is 0. The van der Waals surface area contributed by atoms with Crippen LogP contribution in [0.15, 0.2) is 24.8 Å². The third-order valence-electron chi connectivity index (χ3n) is 2.23. The molecule has 104 valence electrons. The molecule has 0 radical (unpaired) electrons. The first kappa shape index (κ1) is 15.3. The molecule has 1 rings (SSSR count). The highest BCUT2D eigenvalue weighted by atomic mass is 19.4. The van der Waals surface area contributed by atoms with Crippen molar-refractivity contribution in [3.8, 4) is 0 Å². The molecular formula is C14H15F3O2. The first-order valence-electron chi connectivity index (χ1n) is 5.62. The molecule has 0 aromatic heterocycles. The standard InChI is InChI=1S/C14H15F3O2/c1-5-9-10(12(18)19-13(2,3)4)7-6-8-11(9)14(15,16)17/h5-8H,1H2,2-4H3. The van der Waals surface area contributed by atoms with Crippen LogP contribution >= 0.6 is 0 Å². The minimum atomic E-state index is -4.54. The topological polar surface area (TPSA) is 26.3 Å².